The molecule has 146 valence electrons. The highest BCUT2D eigenvalue weighted by Gasteiger charge is 2.23. The molecule has 0 saturated carbocycles. The van der Waals surface area contributed by atoms with Gasteiger partial charge in [0, 0.05) is 32.6 Å². The fourth-order valence-corrected chi connectivity index (χ4v) is 3.55. The van der Waals surface area contributed by atoms with Gasteiger partial charge in [0.15, 0.2) is 11.5 Å². The summed E-state index contributed by atoms with van der Waals surface area (Å²) in [5.74, 6) is 2.27. The van der Waals surface area contributed by atoms with Gasteiger partial charge in [0.05, 0.1) is 26.0 Å². The van der Waals surface area contributed by atoms with Gasteiger partial charge in [-0.2, -0.15) is 5.10 Å². The predicted molar refractivity (Wildman–Crippen MR) is 104 cm³/mol. The number of ether oxygens (including phenoxy) is 2. The lowest BCUT2D eigenvalue weighted by Gasteiger charge is -2.32. The molecular formula is C20H28N4O3. The van der Waals surface area contributed by atoms with Crippen molar-refractivity contribution in [1.29, 1.82) is 0 Å². The maximum absolute atomic E-state index is 11.3. The average Bonchev–Trinajstić information content (AvgIpc) is 3.10. The molecule has 1 amide bonds. The second-order valence-electron chi connectivity index (χ2n) is 6.77. The van der Waals surface area contributed by atoms with Gasteiger partial charge in [-0.05, 0) is 37.5 Å². The van der Waals surface area contributed by atoms with E-state index in [4.69, 9.17) is 9.47 Å². The normalized spacial score (nSPS) is 15.5. The second kappa shape index (κ2) is 8.90. The summed E-state index contributed by atoms with van der Waals surface area (Å²) in [7, 11) is 1.66. The van der Waals surface area contributed by atoms with Crippen LogP contribution in [0, 0.1) is 0 Å². The summed E-state index contributed by atoms with van der Waals surface area (Å²) >= 11 is 0. The summed E-state index contributed by atoms with van der Waals surface area (Å²) in [6.07, 6.45) is 3.75. The summed E-state index contributed by atoms with van der Waals surface area (Å²) in [5, 5.41) is 7.26. The third kappa shape index (κ3) is 4.80. The molecule has 2 aromatic rings. The van der Waals surface area contributed by atoms with Crippen molar-refractivity contribution in [2.24, 2.45) is 0 Å². The maximum Gasteiger partial charge on any atom is 0.222 e. The van der Waals surface area contributed by atoms with Crippen LogP contribution in [0.15, 0.2) is 30.5 Å². The van der Waals surface area contributed by atoms with E-state index in [1.165, 1.54) is 12.5 Å². The van der Waals surface area contributed by atoms with E-state index < -0.39 is 0 Å². The minimum Gasteiger partial charge on any atom is -0.493 e. The Bertz CT molecular complexity index is 766. The molecular weight excluding hydrogens is 344 g/mol. The first-order valence-electron chi connectivity index (χ1n) is 9.44. The average molecular weight is 372 g/mol. The van der Waals surface area contributed by atoms with Gasteiger partial charge in [0.2, 0.25) is 5.91 Å². The van der Waals surface area contributed by atoms with Gasteiger partial charge in [0.1, 0.15) is 5.82 Å². The van der Waals surface area contributed by atoms with Crippen LogP contribution < -0.4 is 14.8 Å². The summed E-state index contributed by atoms with van der Waals surface area (Å²) in [6, 6.07) is 8.29. The zero-order valence-corrected chi connectivity index (χ0v) is 16.3. The Morgan fingerprint density at radius 2 is 2.04 bits per heavy atom. The molecule has 1 aromatic carbocycles. The van der Waals surface area contributed by atoms with E-state index >= 15 is 0 Å². The summed E-state index contributed by atoms with van der Waals surface area (Å²) < 4.78 is 13.0. The number of carbonyl (C=O) groups is 1. The number of nitrogens with one attached hydrogen (secondary N) is 1. The fraction of sp³-hybridized carbons (Fsp3) is 0.500. The molecule has 0 atom stereocenters. The first-order chi connectivity index (χ1) is 13.1. The van der Waals surface area contributed by atoms with Crippen molar-refractivity contribution in [2.45, 2.75) is 39.3 Å². The van der Waals surface area contributed by atoms with Crippen molar-refractivity contribution >= 4 is 11.7 Å². The maximum atomic E-state index is 11.3. The van der Waals surface area contributed by atoms with E-state index in [0.29, 0.717) is 12.6 Å². The number of carbonyl (C=O) groups excluding carboxylic acids is 1. The van der Waals surface area contributed by atoms with E-state index in [9.17, 15) is 4.79 Å². The first kappa shape index (κ1) is 19.2. The standard InChI is InChI=1S/C20H28N4O3/c1-4-27-19-13-16(5-6-18(19)26-3)14-23-11-8-17(9-12-23)24-20(7-10-21-24)22-15(2)25/h5-7,10,13,17H,4,8-9,11-12,14H2,1-3H3,(H,22,25). The molecule has 1 saturated heterocycles. The van der Waals surface area contributed by atoms with Crippen LogP contribution in [0.25, 0.3) is 0 Å². The molecule has 1 aliphatic rings. The molecule has 7 nitrogen and oxygen atoms in total. The molecule has 3 rings (SSSR count). The molecule has 1 aliphatic heterocycles. The number of likely N-dealkylation sites (tertiary alicyclic amines) is 1. The monoisotopic (exact) mass is 372 g/mol. The highest BCUT2D eigenvalue weighted by atomic mass is 16.5. The van der Waals surface area contributed by atoms with Crippen molar-refractivity contribution in [3.63, 3.8) is 0 Å². The first-order valence-corrected chi connectivity index (χ1v) is 9.44. The van der Waals surface area contributed by atoms with Crippen LogP contribution in [-0.2, 0) is 11.3 Å². The summed E-state index contributed by atoms with van der Waals surface area (Å²) in [5.41, 5.74) is 1.22. The molecule has 27 heavy (non-hydrogen) atoms. The van der Waals surface area contributed by atoms with Crippen LogP contribution in [0.5, 0.6) is 11.5 Å². The summed E-state index contributed by atoms with van der Waals surface area (Å²) in [6.45, 7) is 6.97. The van der Waals surface area contributed by atoms with Crippen LogP contribution in [0.3, 0.4) is 0 Å². The quantitative estimate of drug-likeness (QED) is 0.809. The Labute approximate surface area is 160 Å². The number of benzene rings is 1. The molecule has 0 bridgehead atoms. The van der Waals surface area contributed by atoms with Gasteiger partial charge in [0.25, 0.3) is 0 Å². The SMILES string of the molecule is CCOc1cc(CN2CCC(n3nccc3NC(C)=O)CC2)ccc1OC. The molecule has 0 unspecified atom stereocenters. The van der Waals surface area contributed by atoms with E-state index in [2.05, 4.69) is 27.4 Å². The third-order valence-corrected chi connectivity index (χ3v) is 4.81. The van der Waals surface area contributed by atoms with Crippen LogP contribution >= 0.6 is 0 Å². The number of rotatable bonds is 7. The molecule has 0 aliphatic carbocycles. The lowest BCUT2D eigenvalue weighted by Crippen LogP contribution is -2.34. The Morgan fingerprint density at radius 3 is 2.70 bits per heavy atom. The van der Waals surface area contributed by atoms with Crippen molar-refractivity contribution < 1.29 is 14.3 Å². The van der Waals surface area contributed by atoms with Gasteiger partial charge in [-0.15, -0.1) is 0 Å². The number of aromatic nitrogens is 2. The lowest BCUT2D eigenvalue weighted by atomic mass is 10.0. The second-order valence-corrected chi connectivity index (χ2v) is 6.77. The van der Waals surface area contributed by atoms with Gasteiger partial charge >= 0.3 is 0 Å². The van der Waals surface area contributed by atoms with E-state index in [1.807, 2.05) is 23.7 Å². The van der Waals surface area contributed by atoms with Crippen molar-refractivity contribution in [1.82, 2.24) is 14.7 Å². The van der Waals surface area contributed by atoms with Crippen molar-refractivity contribution in [3.8, 4) is 11.5 Å². The highest BCUT2D eigenvalue weighted by molar-refractivity contribution is 5.87. The van der Waals surface area contributed by atoms with E-state index in [1.54, 1.807) is 13.3 Å². The van der Waals surface area contributed by atoms with E-state index in [-0.39, 0.29) is 5.91 Å². The van der Waals surface area contributed by atoms with E-state index in [0.717, 1.165) is 49.8 Å². The van der Waals surface area contributed by atoms with Gasteiger partial charge < -0.3 is 14.8 Å². The zero-order chi connectivity index (χ0) is 19.2. The largest absolute Gasteiger partial charge is 0.493 e. The molecule has 0 spiro atoms. The Balaban J connectivity index is 1.59. The molecule has 1 N–H and O–H groups in total. The van der Waals surface area contributed by atoms with Crippen LogP contribution in [-0.4, -0.2) is 47.4 Å². The van der Waals surface area contributed by atoms with Gasteiger partial charge in [-0.1, -0.05) is 6.07 Å². The number of hydrogen-bond acceptors (Lipinski definition) is 5. The highest BCUT2D eigenvalue weighted by Crippen LogP contribution is 2.30. The fourth-order valence-electron chi connectivity index (χ4n) is 3.55. The van der Waals surface area contributed by atoms with Crippen LogP contribution in [0.1, 0.15) is 38.3 Å². The molecule has 7 heteroatoms. The number of methoxy groups -OCH3 is 1. The van der Waals surface area contributed by atoms with Gasteiger partial charge in [-0.3, -0.25) is 9.69 Å². The summed E-state index contributed by atoms with van der Waals surface area (Å²) in [4.78, 5) is 13.8. The van der Waals surface area contributed by atoms with Crippen molar-refractivity contribution in [2.75, 3.05) is 32.1 Å². The van der Waals surface area contributed by atoms with Crippen LogP contribution in [0.2, 0.25) is 0 Å². The molecule has 0 radical (unpaired) electrons. The molecule has 1 fully saturated rings. The topological polar surface area (TPSA) is 68.6 Å². The zero-order valence-electron chi connectivity index (χ0n) is 16.3. The number of hydrogen-bond donors (Lipinski definition) is 1. The number of nitrogens with zero attached hydrogens (tertiary/aromatic N) is 3. The Hall–Kier alpha value is -2.54. The van der Waals surface area contributed by atoms with Crippen molar-refractivity contribution in [3.05, 3.63) is 36.0 Å². The molecule has 1 aromatic heterocycles. The third-order valence-electron chi connectivity index (χ3n) is 4.81. The lowest BCUT2D eigenvalue weighted by molar-refractivity contribution is -0.114. The minimum atomic E-state index is -0.0706. The Morgan fingerprint density at radius 1 is 1.26 bits per heavy atom. The predicted octanol–water partition coefficient (Wildman–Crippen LogP) is 3.09. The smallest absolute Gasteiger partial charge is 0.222 e. The minimum absolute atomic E-state index is 0.0706. The molecule has 2 heterocycles. The Kier molecular flexibility index (Phi) is 6.34. The number of piperidine rings is 1. The van der Waals surface area contributed by atoms with Gasteiger partial charge in [-0.25, -0.2) is 4.68 Å². The number of anilines is 1. The van der Waals surface area contributed by atoms with Crippen LogP contribution in [0.4, 0.5) is 5.82 Å². The number of amides is 1.